The lowest BCUT2D eigenvalue weighted by atomic mass is 10.1. The van der Waals surface area contributed by atoms with Crippen LogP contribution in [-0.4, -0.2) is 40.7 Å². The molecule has 1 saturated heterocycles. The molecule has 9 nitrogen and oxygen atoms in total. The van der Waals surface area contributed by atoms with Crippen LogP contribution in [0.15, 0.2) is 52.3 Å². The molecule has 2 aromatic rings. The van der Waals surface area contributed by atoms with Gasteiger partial charge in [0.2, 0.25) is 5.91 Å². The van der Waals surface area contributed by atoms with Crippen molar-refractivity contribution >= 4 is 40.7 Å². The van der Waals surface area contributed by atoms with E-state index in [-0.39, 0.29) is 11.9 Å². The maximum atomic E-state index is 11.6. The zero-order valence-corrected chi connectivity index (χ0v) is 19.2. The number of anilines is 3. The molecule has 0 atom stereocenters. The van der Waals surface area contributed by atoms with Gasteiger partial charge in [-0.05, 0) is 61.9 Å². The Morgan fingerprint density at radius 2 is 1.94 bits per heavy atom. The SMILES string of the molecule is CCC(=O)Nc1ccc(Sc2nc(N/C(N)=C/C(C)=N)cc(N3CCC(N)CC3)n2)cc1. The van der Waals surface area contributed by atoms with Crippen LogP contribution in [-0.2, 0) is 4.79 Å². The molecule has 1 aliphatic heterocycles. The number of benzene rings is 1. The van der Waals surface area contributed by atoms with Crippen molar-refractivity contribution in [1.29, 1.82) is 5.41 Å². The van der Waals surface area contributed by atoms with Crippen molar-refractivity contribution < 1.29 is 4.79 Å². The summed E-state index contributed by atoms with van der Waals surface area (Å²) in [5, 5.41) is 14.1. The van der Waals surface area contributed by atoms with Gasteiger partial charge in [0.05, 0.1) is 0 Å². The first-order chi connectivity index (χ1) is 15.3. The predicted molar refractivity (Wildman–Crippen MR) is 130 cm³/mol. The van der Waals surface area contributed by atoms with Crippen molar-refractivity contribution in [2.24, 2.45) is 11.5 Å². The molecule has 170 valence electrons. The normalized spacial score (nSPS) is 14.8. The Hall–Kier alpha value is -3.11. The number of carbonyl (C=O) groups excluding carboxylic acids is 1. The number of hydrogen-bond acceptors (Lipinski definition) is 9. The third kappa shape index (κ3) is 6.96. The summed E-state index contributed by atoms with van der Waals surface area (Å²) in [6.07, 6.45) is 3.80. The molecule has 1 aliphatic rings. The molecule has 0 spiro atoms. The van der Waals surface area contributed by atoms with Gasteiger partial charge in [0.25, 0.3) is 0 Å². The molecule has 0 bridgehead atoms. The van der Waals surface area contributed by atoms with E-state index in [1.54, 1.807) is 6.92 Å². The number of hydrogen-bond donors (Lipinski definition) is 5. The second-order valence-corrected chi connectivity index (χ2v) is 8.69. The number of carbonyl (C=O) groups is 1. The minimum absolute atomic E-state index is 0.0239. The summed E-state index contributed by atoms with van der Waals surface area (Å²) >= 11 is 1.43. The fourth-order valence-corrected chi connectivity index (χ4v) is 3.96. The smallest absolute Gasteiger partial charge is 0.224 e. The molecule has 0 unspecified atom stereocenters. The van der Waals surface area contributed by atoms with Crippen LogP contribution in [0, 0.1) is 5.41 Å². The molecule has 0 radical (unpaired) electrons. The molecule has 3 rings (SSSR count). The molecule has 10 heteroatoms. The van der Waals surface area contributed by atoms with Gasteiger partial charge >= 0.3 is 0 Å². The van der Waals surface area contributed by atoms with Crippen molar-refractivity contribution in [3.63, 3.8) is 0 Å². The second kappa shape index (κ2) is 11.0. The Morgan fingerprint density at radius 1 is 1.25 bits per heavy atom. The highest BCUT2D eigenvalue weighted by atomic mass is 32.2. The van der Waals surface area contributed by atoms with E-state index in [1.807, 2.05) is 37.3 Å². The minimum atomic E-state index is -0.0239. The van der Waals surface area contributed by atoms with Crippen molar-refractivity contribution in [1.82, 2.24) is 9.97 Å². The zero-order chi connectivity index (χ0) is 23.1. The molecule has 2 heterocycles. The number of piperidine rings is 1. The molecular weight excluding hydrogens is 424 g/mol. The van der Waals surface area contributed by atoms with Crippen LogP contribution < -0.4 is 27.0 Å². The second-order valence-electron chi connectivity index (χ2n) is 7.65. The highest BCUT2D eigenvalue weighted by Crippen LogP contribution is 2.30. The third-order valence-electron chi connectivity index (χ3n) is 4.87. The van der Waals surface area contributed by atoms with Crippen molar-refractivity contribution in [2.45, 2.75) is 49.2 Å². The molecule has 32 heavy (non-hydrogen) atoms. The number of nitrogens with zero attached hydrogens (tertiary/aromatic N) is 3. The first kappa shape index (κ1) is 23.6. The lowest BCUT2D eigenvalue weighted by molar-refractivity contribution is -0.115. The maximum absolute atomic E-state index is 11.6. The van der Waals surface area contributed by atoms with Gasteiger partial charge in [-0.2, -0.15) is 0 Å². The molecule has 1 aromatic carbocycles. The summed E-state index contributed by atoms with van der Waals surface area (Å²) in [5.41, 5.74) is 13.2. The summed E-state index contributed by atoms with van der Waals surface area (Å²) in [5.74, 6) is 1.69. The van der Waals surface area contributed by atoms with Crippen molar-refractivity contribution in [3.8, 4) is 0 Å². The molecule has 1 aromatic heterocycles. The van der Waals surface area contributed by atoms with Gasteiger partial charge in [0.1, 0.15) is 17.5 Å². The summed E-state index contributed by atoms with van der Waals surface area (Å²) < 4.78 is 0. The van der Waals surface area contributed by atoms with E-state index < -0.39 is 0 Å². The molecular formula is C22H30N8OS. The predicted octanol–water partition coefficient (Wildman–Crippen LogP) is 3.16. The van der Waals surface area contributed by atoms with Crippen molar-refractivity contribution in [2.75, 3.05) is 28.6 Å². The monoisotopic (exact) mass is 454 g/mol. The highest BCUT2D eigenvalue weighted by molar-refractivity contribution is 7.99. The van der Waals surface area contributed by atoms with Gasteiger partial charge in [-0.15, -0.1) is 0 Å². The van der Waals surface area contributed by atoms with Gasteiger partial charge < -0.3 is 32.4 Å². The quantitative estimate of drug-likeness (QED) is 0.302. The standard InChI is InChI=1S/C22H30N8OS/c1-3-21(31)26-16-4-6-17(7-5-16)32-22-28-19(27-18(25)12-14(2)23)13-20(29-22)30-10-8-15(24)9-11-30/h4-7,12-13,15,23H,3,8-11,24-25H2,1-2H3,(H,26,31)(H,27,28,29)/b18-12+,23-14?. The number of aromatic nitrogens is 2. The van der Waals surface area contributed by atoms with Crippen molar-refractivity contribution in [3.05, 3.63) is 42.2 Å². The van der Waals surface area contributed by atoms with E-state index in [0.29, 0.717) is 28.9 Å². The van der Waals surface area contributed by atoms with E-state index in [9.17, 15) is 4.79 Å². The van der Waals surface area contributed by atoms with Gasteiger partial charge in [-0.1, -0.05) is 6.92 Å². The van der Waals surface area contributed by atoms with E-state index >= 15 is 0 Å². The fourth-order valence-electron chi connectivity index (χ4n) is 3.19. The lowest BCUT2D eigenvalue weighted by Gasteiger charge is -2.31. The Labute approximate surface area is 192 Å². The van der Waals surface area contributed by atoms with E-state index in [1.165, 1.54) is 17.8 Å². The van der Waals surface area contributed by atoms with Crippen LogP contribution in [0.1, 0.15) is 33.1 Å². The summed E-state index contributed by atoms with van der Waals surface area (Å²) in [4.78, 5) is 24.1. The van der Waals surface area contributed by atoms with Crippen LogP contribution in [0.2, 0.25) is 0 Å². The van der Waals surface area contributed by atoms with E-state index in [0.717, 1.165) is 42.3 Å². The van der Waals surface area contributed by atoms with Crippen LogP contribution in [0.25, 0.3) is 0 Å². The minimum Gasteiger partial charge on any atom is -0.385 e. The number of rotatable bonds is 8. The first-order valence-corrected chi connectivity index (χ1v) is 11.4. The van der Waals surface area contributed by atoms with Gasteiger partial charge in [0.15, 0.2) is 5.16 Å². The number of nitrogens with two attached hydrogens (primary N) is 2. The molecule has 0 saturated carbocycles. The molecule has 1 amide bonds. The van der Waals surface area contributed by atoms with Gasteiger partial charge in [0, 0.05) is 47.9 Å². The Bertz CT molecular complexity index is 984. The largest absolute Gasteiger partial charge is 0.385 e. The van der Waals surface area contributed by atoms with E-state index in [4.69, 9.17) is 21.9 Å². The molecule has 1 fully saturated rings. The highest BCUT2D eigenvalue weighted by Gasteiger charge is 2.19. The fraction of sp³-hybridized carbons (Fsp3) is 0.364. The summed E-state index contributed by atoms with van der Waals surface area (Å²) in [6, 6.07) is 9.65. The van der Waals surface area contributed by atoms with Crippen LogP contribution in [0.3, 0.4) is 0 Å². The average molecular weight is 455 g/mol. The Morgan fingerprint density at radius 3 is 2.56 bits per heavy atom. The third-order valence-corrected chi connectivity index (χ3v) is 5.74. The van der Waals surface area contributed by atoms with Crippen LogP contribution in [0.4, 0.5) is 17.3 Å². The van der Waals surface area contributed by atoms with Gasteiger partial charge in [-0.25, -0.2) is 9.97 Å². The molecule has 7 N–H and O–H groups in total. The number of amides is 1. The zero-order valence-electron chi connectivity index (χ0n) is 18.4. The van der Waals surface area contributed by atoms with Crippen LogP contribution >= 0.6 is 11.8 Å². The Balaban J connectivity index is 1.83. The van der Waals surface area contributed by atoms with Gasteiger partial charge in [-0.3, -0.25) is 4.79 Å². The molecule has 0 aliphatic carbocycles. The lowest BCUT2D eigenvalue weighted by Crippen LogP contribution is -2.40. The van der Waals surface area contributed by atoms with Crippen LogP contribution in [0.5, 0.6) is 0 Å². The maximum Gasteiger partial charge on any atom is 0.224 e. The number of allylic oxidation sites excluding steroid dienone is 1. The first-order valence-electron chi connectivity index (χ1n) is 10.6. The number of nitrogens with one attached hydrogen (secondary N) is 3. The van der Waals surface area contributed by atoms with E-state index in [2.05, 4.69) is 20.5 Å². The Kier molecular flexibility index (Phi) is 8.07. The average Bonchev–Trinajstić information content (AvgIpc) is 2.74. The topological polar surface area (TPSA) is 146 Å². The summed E-state index contributed by atoms with van der Waals surface area (Å²) in [7, 11) is 0. The summed E-state index contributed by atoms with van der Waals surface area (Å²) in [6.45, 7) is 5.14.